The van der Waals surface area contributed by atoms with Crippen LogP contribution in [0.2, 0.25) is 0 Å². The topological polar surface area (TPSA) is 146 Å². The first kappa shape index (κ1) is 32.1. The van der Waals surface area contributed by atoms with Gasteiger partial charge in [0.05, 0.1) is 61.0 Å². The van der Waals surface area contributed by atoms with E-state index >= 15 is 0 Å². The average molecular weight is 652 g/mol. The van der Waals surface area contributed by atoms with Crippen LogP contribution in [0, 0.1) is 52.5 Å². The highest BCUT2D eigenvalue weighted by atomic mass is 19.4. The number of hydrogen-bond donors (Lipinski definition) is 0. The summed E-state index contributed by atoms with van der Waals surface area (Å²) in [5.41, 5.74) is -8.60. The molecule has 0 aliphatic heterocycles. The molecule has 0 saturated heterocycles. The van der Waals surface area contributed by atoms with Crippen LogP contribution in [0.25, 0.3) is 44.3 Å². The Morgan fingerprint density at radius 3 is 1.26 bits per heavy atom. The predicted molar refractivity (Wildman–Crippen MR) is 142 cm³/mol. The summed E-state index contributed by atoms with van der Waals surface area (Å²) in [7, 11) is 0. The molecule has 0 N–H and O–H groups in total. The quantitative estimate of drug-likeness (QED) is 0.150. The maximum atomic E-state index is 13.6. The molecule has 3 aromatic carbocycles. The van der Waals surface area contributed by atoms with Crippen LogP contribution in [-0.2, 0) is 18.5 Å². The molecule has 5 aromatic rings. The minimum absolute atomic E-state index is 0.116. The maximum absolute atomic E-state index is 13.6. The first-order valence-corrected chi connectivity index (χ1v) is 12.6. The second-order valence-corrected chi connectivity index (χ2v) is 9.84. The van der Waals surface area contributed by atoms with Crippen LogP contribution in [-0.4, -0.2) is 9.97 Å². The van der Waals surface area contributed by atoms with Crippen molar-refractivity contribution in [1.82, 2.24) is 9.97 Å². The molecule has 2 aromatic heterocycles. The van der Waals surface area contributed by atoms with Gasteiger partial charge in [-0.2, -0.15) is 70.5 Å². The number of aromatic nitrogens is 2. The normalized spacial score (nSPS) is 13.1. The van der Waals surface area contributed by atoms with E-state index in [1.54, 1.807) is 12.1 Å². The second kappa shape index (κ2) is 10.9. The van der Waals surface area contributed by atoms with Crippen molar-refractivity contribution in [2.45, 2.75) is 25.5 Å². The zero-order chi connectivity index (χ0) is 34.6. The van der Waals surface area contributed by atoms with Crippen LogP contribution in [0.3, 0.4) is 0 Å². The Labute approximate surface area is 255 Å². The number of fused-ring (bicyclic) bond motifs is 2. The van der Waals surface area contributed by atoms with E-state index in [9.17, 15) is 60.6 Å². The molecule has 0 saturated carbocycles. The van der Waals surface area contributed by atoms with Gasteiger partial charge in [-0.15, -0.1) is 0 Å². The van der Waals surface area contributed by atoms with Gasteiger partial charge in [-0.05, 0) is 48.9 Å². The van der Waals surface area contributed by atoms with Crippen molar-refractivity contribution >= 4 is 21.8 Å². The third-order valence-electron chi connectivity index (χ3n) is 6.90. The highest BCUT2D eigenvalue weighted by Gasteiger charge is 2.38. The molecule has 47 heavy (non-hydrogen) atoms. The number of nitrogens with zero attached hydrogens (tertiary/aromatic N) is 8. The molecule has 0 aliphatic carbocycles. The number of hydrogen-bond acceptors (Lipinski definition) is 8. The van der Waals surface area contributed by atoms with Crippen molar-refractivity contribution in [3.8, 4) is 47.0 Å². The molecule has 0 spiro atoms. The highest BCUT2D eigenvalue weighted by Crippen LogP contribution is 2.40. The Morgan fingerprint density at radius 1 is 0.553 bits per heavy atom. The van der Waals surface area contributed by atoms with E-state index in [0.29, 0.717) is 18.2 Å². The number of alkyl halides is 9. The molecule has 17 heteroatoms. The van der Waals surface area contributed by atoms with Crippen molar-refractivity contribution in [1.29, 1.82) is 21.0 Å². The fourth-order valence-corrected chi connectivity index (χ4v) is 5.09. The molecule has 0 bridgehead atoms. The third-order valence-corrected chi connectivity index (χ3v) is 6.90. The number of aryl methyl sites for hydroxylation is 1. The standard InChI is InChI=1S/C30H9F9N8/c1-12-2-13(4-15(3-12)28(31,32)33)22-26(44-10-42)20-18(8-40)25-21(19(9-41)24(20)46-22)27(45-11-43)23(47-25)14-5-16(29(34,35)36)7-17(6-14)30(37,38)39/h2-7H,1H3. The van der Waals surface area contributed by atoms with Crippen molar-refractivity contribution in [3.05, 3.63) is 80.5 Å². The minimum atomic E-state index is -5.26. The van der Waals surface area contributed by atoms with Crippen molar-refractivity contribution < 1.29 is 39.5 Å². The number of rotatable bonds is 2. The molecule has 0 atom stereocenters. The Balaban J connectivity index is 1.99. The van der Waals surface area contributed by atoms with Crippen molar-refractivity contribution in [2.75, 3.05) is 0 Å². The number of halogens is 9. The largest absolute Gasteiger partial charge is 0.416 e. The Hall–Kier alpha value is -6.33. The molecule has 232 valence electrons. The van der Waals surface area contributed by atoms with Crippen molar-refractivity contribution in [3.63, 3.8) is 0 Å². The molecule has 8 nitrogen and oxygen atoms in total. The van der Waals surface area contributed by atoms with Gasteiger partial charge in [-0.25, -0.2) is 9.97 Å². The highest BCUT2D eigenvalue weighted by molar-refractivity contribution is 6.09. The zero-order valence-electron chi connectivity index (χ0n) is 22.9. The lowest BCUT2D eigenvalue weighted by molar-refractivity contribution is -0.143. The van der Waals surface area contributed by atoms with Gasteiger partial charge < -0.3 is 0 Å². The van der Waals surface area contributed by atoms with Crippen LogP contribution in [0.5, 0.6) is 0 Å². The first-order valence-electron chi connectivity index (χ1n) is 12.6. The monoisotopic (exact) mass is 652 g/mol. The van der Waals surface area contributed by atoms with Crippen LogP contribution in [0.1, 0.15) is 33.4 Å². The van der Waals surface area contributed by atoms with E-state index in [-0.39, 0.29) is 28.3 Å². The molecule has 0 radical (unpaired) electrons. The lowest BCUT2D eigenvalue weighted by Crippen LogP contribution is -2.12. The van der Waals surface area contributed by atoms with E-state index in [0.717, 1.165) is 6.07 Å². The fraction of sp³-hybridized carbons (Fsp3) is 0.133. The minimum Gasteiger partial charge on any atom is -0.244 e. The molecule has 0 amide bonds. The summed E-state index contributed by atoms with van der Waals surface area (Å²) in [4.78, 5) is 15.4. The van der Waals surface area contributed by atoms with Crippen LogP contribution < -0.4 is 10.7 Å². The molecule has 5 rings (SSSR count). The number of nitriles is 4. The van der Waals surface area contributed by atoms with E-state index in [1.165, 1.54) is 25.4 Å². The maximum Gasteiger partial charge on any atom is 0.416 e. The molecule has 0 unspecified atom stereocenters. The summed E-state index contributed by atoms with van der Waals surface area (Å²) >= 11 is 0. The number of benzene rings is 3. The van der Waals surface area contributed by atoms with Crippen LogP contribution in [0.15, 0.2) is 46.4 Å². The third kappa shape index (κ3) is 5.45. The molecule has 0 fully saturated rings. The SMILES string of the molecule is Cc1cc(-c2nc3c(C#N)c4c(=NC#N)c(-c5cc(C(F)(F)F)cc(C(F)(F)F)c5)nc4c(C#N)c3c2=NC#N)cc(C(F)(F)F)c1. The van der Waals surface area contributed by atoms with Gasteiger partial charge in [-0.3, -0.25) is 0 Å². The summed E-state index contributed by atoms with van der Waals surface area (Å²) in [5.74, 6) is 0. The van der Waals surface area contributed by atoms with Gasteiger partial charge in [0.1, 0.15) is 22.9 Å². The van der Waals surface area contributed by atoms with Crippen molar-refractivity contribution in [2.24, 2.45) is 9.98 Å². The van der Waals surface area contributed by atoms with Gasteiger partial charge in [0.2, 0.25) is 12.4 Å². The summed E-state index contributed by atoms with van der Waals surface area (Å²) in [5, 5.41) is 37.3. The Morgan fingerprint density at radius 2 is 0.915 bits per heavy atom. The molecule has 2 heterocycles. The second-order valence-electron chi connectivity index (χ2n) is 9.84. The molecular weight excluding hydrogens is 643 g/mol. The Bertz CT molecular complexity index is 2390. The molecule has 0 aliphatic rings. The predicted octanol–water partition coefficient (Wildman–Crippen LogP) is 6.86. The van der Waals surface area contributed by atoms with Crippen LogP contribution >= 0.6 is 0 Å². The smallest absolute Gasteiger partial charge is 0.244 e. The molecular formula is C30H9F9N8. The summed E-state index contributed by atoms with van der Waals surface area (Å²) < 4.78 is 123. The Kier molecular flexibility index (Phi) is 7.46. The van der Waals surface area contributed by atoms with Gasteiger partial charge in [0.15, 0.2) is 0 Å². The van der Waals surface area contributed by atoms with E-state index < -0.39 is 84.7 Å². The fourth-order valence-electron chi connectivity index (χ4n) is 5.09. The van der Waals surface area contributed by atoms with E-state index in [4.69, 9.17) is 0 Å². The van der Waals surface area contributed by atoms with Crippen LogP contribution in [0.4, 0.5) is 39.5 Å². The van der Waals surface area contributed by atoms with Gasteiger partial charge in [0.25, 0.3) is 0 Å². The van der Waals surface area contributed by atoms with Gasteiger partial charge in [-0.1, -0.05) is 0 Å². The zero-order valence-corrected chi connectivity index (χ0v) is 22.9. The summed E-state index contributed by atoms with van der Waals surface area (Å²) in [6, 6.07) is 6.75. The van der Waals surface area contributed by atoms with E-state index in [1.807, 2.05) is 0 Å². The first-order chi connectivity index (χ1) is 21.9. The van der Waals surface area contributed by atoms with Gasteiger partial charge >= 0.3 is 18.5 Å². The summed E-state index contributed by atoms with van der Waals surface area (Å²) in [6.07, 6.45) is -12.5. The summed E-state index contributed by atoms with van der Waals surface area (Å²) in [6.45, 7) is 1.34. The lowest BCUT2D eigenvalue weighted by Gasteiger charge is -2.13. The average Bonchev–Trinajstić information content (AvgIpc) is 3.54. The van der Waals surface area contributed by atoms with Gasteiger partial charge in [0, 0.05) is 11.1 Å². The lowest BCUT2D eigenvalue weighted by atomic mass is 9.99. The van der Waals surface area contributed by atoms with E-state index in [2.05, 4.69) is 20.0 Å².